The number of pyridine rings is 1. The molecule has 5 nitrogen and oxygen atoms in total. The SMILES string of the molecule is CC(C)C(CCNC(=O)c1ccnc(F)c1)CCC(=O)O. The third kappa shape index (κ3) is 6.33. The van der Waals surface area contributed by atoms with Crippen LogP contribution < -0.4 is 5.32 Å². The number of carbonyl (C=O) groups is 2. The number of rotatable bonds is 8. The van der Waals surface area contributed by atoms with Gasteiger partial charge in [0.25, 0.3) is 5.91 Å². The first-order valence-electron chi connectivity index (χ1n) is 7.01. The van der Waals surface area contributed by atoms with Crippen molar-refractivity contribution in [1.29, 1.82) is 0 Å². The van der Waals surface area contributed by atoms with Gasteiger partial charge in [-0.3, -0.25) is 9.59 Å². The molecule has 0 aliphatic rings. The fourth-order valence-electron chi connectivity index (χ4n) is 2.14. The number of aromatic nitrogens is 1. The fourth-order valence-corrected chi connectivity index (χ4v) is 2.14. The summed E-state index contributed by atoms with van der Waals surface area (Å²) in [7, 11) is 0. The summed E-state index contributed by atoms with van der Waals surface area (Å²) in [6.45, 7) is 4.50. The third-order valence-corrected chi connectivity index (χ3v) is 3.46. The summed E-state index contributed by atoms with van der Waals surface area (Å²) < 4.78 is 12.9. The Morgan fingerprint density at radius 2 is 2.10 bits per heavy atom. The molecule has 0 saturated heterocycles. The van der Waals surface area contributed by atoms with Gasteiger partial charge in [0.15, 0.2) is 0 Å². The van der Waals surface area contributed by atoms with E-state index in [0.29, 0.717) is 25.3 Å². The molecule has 0 fully saturated rings. The summed E-state index contributed by atoms with van der Waals surface area (Å²) in [5.74, 6) is -1.27. The van der Waals surface area contributed by atoms with Gasteiger partial charge in [-0.05, 0) is 30.7 Å². The van der Waals surface area contributed by atoms with Gasteiger partial charge in [-0.1, -0.05) is 13.8 Å². The van der Waals surface area contributed by atoms with E-state index >= 15 is 0 Å². The van der Waals surface area contributed by atoms with E-state index in [2.05, 4.69) is 10.3 Å². The van der Waals surface area contributed by atoms with Crippen molar-refractivity contribution in [2.24, 2.45) is 11.8 Å². The molecule has 1 aromatic rings. The van der Waals surface area contributed by atoms with Gasteiger partial charge in [0.05, 0.1) is 0 Å². The second-order valence-corrected chi connectivity index (χ2v) is 5.35. The number of hydrogen-bond donors (Lipinski definition) is 2. The molecule has 1 aromatic heterocycles. The standard InChI is InChI=1S/C15H21FN2O3/c1-10(2)11(3-4-14(19)20)5-8-18-15(21)12-6-7-17-13(16)9-12/h6-7,9-11H,3-5,8H2,1-2H3,(H,18,21)(H,19,20). The molecule has 1 heterocycles. The van der Waals surface area contributed by atoms with Crippen LogP contribution in [0.2, 0.25) is 0 Å². The summed E-state index contributed by atoms with van der Waals surface area (Å²) in [4.78, 5) is 25.8. The second kappa shape index (κ2) is 8.34. The molecule has 0 aromatic carbocycles. The molecule has 0 aliphatic carbocycles. The van der Waals surface area contributed by atoms with Crippen LogP contribution in [-0.2, 0) is 4.79 Å². The van der Waals surface area contributed by atoms with Crippen LogP contribution >= 0.6 is 0 Å². The highest BCUT2D eigenvalue weighted by atomic mass is 19.1. The molecule has 0 aliphatic heterocycles. The average molecular weight is 296 g/mol. The number of nitrogens with one attached hydrogen (secondary N) is 1. The molecular weight excluding hydrogens is 275 g/mol. The second-order valence-electron chi connectivity index (χ2n) is 5.35. The van der Waals surface area contributed by atoms with Crippen LogP contribution in [0.1, 0.15) is 43.5 Å². The highest BCUT2D eigenvalue weighted by molar-refractivity contribution is 5.93. The van der Waals surface area contributed by atoms with Crippen LogP contribution in [0.5, 0.6) is 0 Å². The predicted molar refractivity (Wildman–Crippen MR) is 76.3 cm³/mol. The number of amides is 1. The summed E-state index contributed by atoms with van der Waals surface area (Å²) in [5.41, 5.74) is 0.231. The molecule has 0 saturated carbocycles. The third-order valence-electron chi connectivity index (χ3n) is 3.46. The maximum absolute atomic E-state index is 12.9. The van der Waals surface area contributed by atoms with Crippen LogP contribution in [0.4, 0.5) is 4.39 Å². The van der Waals surface area contributed by atoms with E-state index in [1.807, 2.05) is 13.8 Å². The lowest BCUT2D eigenvalue weighted by molar-refractivity contribution is -0.137. The fraction of sp³-hybridized carbons (Fsp3) is 0.533. The van der Waals surface area contributed by atoms with E-state index < -0.39 is 11.9 Å². The van der Waals surface area contributed by atoms with Crippen LogP contribution in [0.25, 0.3) is 0 Å². The average Bonchev–Trinajstić information content (AvgIpc) is 2.41. The molecule has 21 heavy (non-hydrogen) atoms. The summed E-state index contributed by atoms with van der Waals surface area (Å²) in [6.07, 6.45) is 2.66. The first kappa shape index (κ1) is 17.1. The van der Waals surface area contributed by atoms with Gasteiger partial charge in [-0.15, -0.1) is 0 Å². The Morgan fingerprint density at radius 1 is 1.38 bits per heavy atom. The van der Waals surface area contributed by atoms with E-state index in [9.17, 15) is 14.0 Å². The number of carboxylic acid groups (broad SMARTS) is 1. The van der Waals surface area contributed by atoms with Gasteiger partial charge in [-0.2, -0.15) is 4.39 Å². The van der Waals surface area contributed by atoms with Crippen molar-refractivity contribution < 1.29 is 19.1 Å². The molecule has 0 spiro atoms. The highest BCUT2D eigenvalue weighted by Gasteiger charge is 2.15. The van der Waals surface area contributed by atoms with Gasteiger partial charge in [0, 0.05) is 30.8 Å². The van der Waals surface area contributed by atoms with E-state index in [4.69, 9.17) is 5.11 Å². The van der Waals surface area contributed by atoms with Crippen molar-refractivity contribution in [1.82, 2.24) is 10.3 Å². The number of hydrogen-bond acceptors (Lipinski definition) is 3. The Hall–Kier alpha value is -1.98. The Labute approximate surface area is 123 Å². The Balaban J connectivity index is 2.43. The smallest absolute Gasteiger partial charge is 0.303 e. The van der Waals surface area contributed by atoms with Crippen LogP contribution in [0, 0.1) is 17.8 Å². The number of carboxylic acids is 1. The van der Waals surface area contributed by atoms with Crippen LogP contribution in [0.15, 0.2) is 18.3 Å². The molecule has 116 valence electrons. The Bertz CT molecular complexity index is 492. The van der Waals surface area contributed by atoms with E-state index in [1.165, 1.54) is 12.3 Å². The first-order chi connectivity index (χ1) is 9.90. The Kier molecular flexibility index (Phi) is 6.78. The monoisotopic (exact) mass is 296 g/mol. The number of nitrogens with zero attached hydrogens (tertiary/aromatic N) is 1. The lowest BCUT2D eigenvalue weighted by atomic mass is 9.88. The molecular formula is C15H21FN2O3. The first-order valence-corrected chi connectivity index (χ1v) is 7.01. The predicted octanol–water partition coefficient (Wildman–Crippen LogP) is 2.48. The van der Waals surface area contributed by atoms with Crippen LogP contribution in [0.3, 0.4) is 0 Å². The van der Waals surface area contributed by atoms with E-state index in [-0.39, 0.29) is 23.8 Å². The van der Waals surface area contributed by atoms with Crippen molar-refractivity contribution >= 4 is 11.9 Å². The molecule has 1 rings (SSSR count). The van der Waals surface area contributed by atoms with Crippen LogP contribution in [-0.4, -0.2) is 28.5 Å². The quantitative estimate of drug-likeness (QED) is 0.722. The lowest BCUT2D eigenvalue weighted by Crippen LogP contribution is -2.27. The topological polar surface area (TPSA) is 79.3 Å². The maximum Gasteiger partial charge on any atom is 0.303 e. The summed E-state index contributed by atoms with van der Waals surface area (Å²) >= 11 is 0. The van der Waals surface area contributed by atoms with Crippen molar-refractivity contribution in [3.05, 3.63) is 29.8 Å². The number of halogens is 1. The number of aliphatic carboxylic acids is 1. The molecule has 1 unspecified atom stereocenters. The Morgan fingerprint density at radius 3 is 2.67 bits per heavy atom. The zero-order valence-electron chi connectivity index (χ0n) is 12.3. The molecule has 6 heteroatoms. The largest absolute Gasteiger partial charge is 0.481 e. The molecule has 2 N–H and O–H groups in total. The zero-order valence-corrected chi connectivity index (χ0v) is 12.3. The van der Waals surface area contributed by atoms with Gasteiger partial charge in [-0.25, -0.2) is 4.98 Å². The maximum atomic E-state index is 12.9. The minimum absolute atomic E-state index is 0.131. The van der Waals surface area contributed by atoms with Crippen molar-refractivity contribution in [3.8, 4) is 0 Å². The molecule has 0 radical (unpaired) electrons. The molecule has 1 amide bonds. The number of carbonyl (C=O) groups excluding carboxylic acids is 1. The lowest BCUT2D eigenvalue weighted by Gasteiger charge is -2.20. The minimum atomic E-state index is -0.808. The van der Waals surface area contributed by atoms with Gasteiger partial charge < -0.3 is 10.4 Å². The highest BCUT2D eigenvalue weighted by Crippen LogP contribution is 2.20. The van der Waals surface area contributed by atoms with Crippen molar-refractivity contribution in [2.75, 3.05) is 6.54 Å². The summed E-state index contributed by atoms with van der Waals surface area (Å²) in [5, 5.41) is 11.4. The molecule has 0 bridgehead atoms. The van der Waals surface area contributed by atoms with Crippen molar-refractivity contribution in [2.45, 2.75) is 33.1 Å². The van der Waals surface area contributed by atoms with E-state index in [1.54, 1.807) is 0 Å². The van der Waals surface area contributed by atoms with Gasteiger partial charge in [0.2, 0.25) is 5.95 Å². The normalized spacial score (nSPS) is 12.2. The van der Waals surface area contributed by atoms with E-state index in [0.717, 1.165) is 6.07 Å². The summed E-state index contributed by atoms with van der Waals surface area (Å²) in [6, 6.07) is 2.53. The molecule has 1 atom stereocenters. The van der Waals surface area contributed by atoms with Crippen molar-refractivity contribution in [3.63, 3.8) is 0 Å². The minimum Gasteiger partial charge on any atom is -0.481 e. The zero-order chi connectivity index (χ0) is 15.8. The van der Waals surface area contributed by atoms with Gasteiger partial charge in [0.1, 0.15) is 0 Å². The van der Waals surface area contributed by atoms with Gasteiger partial charge >= 0.3 is 5.97 Å².